The molecule has 81 heavy (non-hydrogen) atoms. The van der Waals surface area contributed by atoms with E-state index in [9.17, 15) is 28.8 Å². The van der Waals surface area contributed by atoms with E-state index in [4.69, 9.17) is 25.2 Å². The van der Waals surface area contributed by atoms with Gasteiger partial charge in [-0.15, -0.1) is 11.8 Å². The maximum absolute atomic E-state index is 13.0. The summed E-state index contributed by atoms with van der Waals surface area (Å²) in [7, 11) is 0. The Morgan fingerprint density at radius 1 is 0.593 bits per heavy atom. The average molecular weight is 1840 g/mol. The van der Waals surface area contributed by atoms with Crippen LogP contribution in [0.3, 0.4) is 0 Å². The number of pyridine rings is 6. The van der Waals surface area contributed by atoms with Crippen LogP contribution < -0.4 is 10.5 Å². The topological polar surface area (TPSA) is 279 Å². The van der Waals surface area contributed by atoms with E-state index in [1.165, 1.54) is 22.6 Å². The number of carbonyl (C=O) groups excluding carboxylic acids is 3. The van der Waals surface area contributed by atoms with Crippen LogP contribution in [0.2, 0.25) is 0 Å². The van der Waals surface area contributed by atoms with Gasteiger partial charge in [0.1, 0.15) is 51.6 Å². The number of carboxylic acid groups (broad SMARTS) is 2. The molecule has 0 radical (unpaired) electrons. The van der Waals surface area contributed by atoms with Crippen LogP contribution in [0.25, 0.3) is 0 Å². The minimum atomic E-state index is -1.24. The second-order valence-electron chi connectivity index (χ2n) is 15.9. The van der Waals surface area contributed by atoms with Gasteiger partial charge in [0.25, 0.3) is 11.5 Å². The first-order valence-electron chi connectivity index (χ1n) is 22.2. The Morgan fingerprint density at radius 2 is 0.975 bits per heavy atom. The fourth-order valence-corrected chi connectivity index (χ4v) is 12.7. The second-order valence-corrected chi connectivity index (χ2v) is 25.4. The Hall–Kier alpha value is -3.34. The number of anilines is 1. The number of nitrogens with zero attached hydrogens (tertiary/aromatic N) is 7. The summed E-state index contributed by atoms with van der Waals surface area (Å²) in [4.78, 5) is 94.6. The fraction of sp³-hybridized carbons (Fsp3) is 0.180. The highest BCUT2D eigenvalue weighted by atomic mass is 79.9. The number of nitrogens with one attached hydrogen (secondary N) is 1. The summed E-state index contributed by atoms with van der Waals surface area (Å²) in [5.41, 5.74) is 2.40. The molecule has 1 saturated heterocycles. The standard InChI is InChI=1S/C18H17Br2N3O2S.C8H7Br2NO2.C6H4Br3N.C6H3Br2NO2.C6H5Br2NO.C6H5NO4/c1-18(2)16(24)23(12-4-6-13(26-3)7-5-12)17(25)22(18)10-11-8-14(19)21-15(20)9-11;1-2-13-8(12)5-3-6(9)11-7(10)4-5;7-3-4-1-5(8)10-6(9)2-4;7-4-1-3(6(10)11)2-5(8)9-4;7-5-1-4(3-10)2-6(8)9-5;8-4-1-3(6(10)11)2-5(9)7-4/h4-9H,10H2,1-3H3;3-4H,2H2,1H3;1-2H,3H2;1-2H,(H,10,11);1-2,10H,3H2;1-2H,(H,10,11)(H2,7,8,9). The first kappa shape index (κ1) is 71.9. The van der Waals surface area contributed by atoms with Crippen molar-refractivity contribution in [3.8, 4) is 5.88 Å². The number of aromatic nitrogens is 6. The van der Waals surface area contributed by atoms with Gasteiger partial charge in [-0.3, -0.25) is 14.6 Å². The number of aromatic carboxylic acids is 2. The lowest BCUT2D eigenvalue weighted by atomic mass is 10.0. The van der Waals surface area contributed by atoms with Gasteiger partial charge in [-0.05, 0) is 288 Å². The van der Waals surface area contributed by atoms with Gasteiger partial charge in [-0.1, -0.05) is 15.9 Å². The highest BCUT2D eigenvalue weighted by molar-refractivity contribution is 9.12. The minimum Gasteiger partial charge on any atom is -0.494 e. The molecule has 3 amide bonds. The van der Waals surface area contributed by atoms with Crippen molar-refractivity contribution in [2.75, 3.05) is 17.8 Å². The number of aromatic hydroxyl groups is 1. The lowest BCUT2D eigenvalue weighted by molar-refractivity contribution is -0.123. The Bertz CT molecular complexity index is 3270. The lowest BCUT2D eigenvalue weighted by Gasteiger charge is -2.27. The molecular weight excluding hydrogens is 1800 g/mol. The highest BCUT2D eigenvalue weighted by Gasteiger charge is 2.51. The van der Waals surface area contributed by atoms with Gasteiger partial charge in [0, 0.05) is 28.9 Å². The van der Waals surface area contributed by atoms with Crippen molar-refractivity contribution in [2.45, 2.75) is 49.7 Å². The molecule has 7 heterocycles. The van der Waals surface area contributed by atoms with Crippen LogP contribution in [0.15, 0.2) is 153 Å². The predicted molar refractivity (Wildman–Crippen MR) is 346 cm³/mol. The predicted octanol–water partition coefficient (Wildman–Crippen LogP) is 15.5. The zero-order valence-electron chi connectivity index (χ0n) is 41.9. The summed E-state index contributed by atoms with van der Waals surface area (Å²) < 4.78 is 11.5. The number of aliphatic hydroxyl groups is 1. The van der Waals surface area contributed by atoms with Crippen molar-refractivity contribution in [1.82, 2.24) is 34.8 Å². The third-order valence-corrected chi connectivity index (χ3v) is 15.1. The number of ether oxygens (including phenoxy) is 1. The van der Waals surface area contributed by atoms with Gasteiger partial charge >= 0.3 is 23.9 Å². The van der Waals surface area contributed by atoms with Crippen LogP contribution in [0.4, 0.5) is 10.5 Å². The number of aliphatic hydroxyl groups excluding tert-OH is 1. The van der Waals surface area contributed by atoms with Crippen LogP contribution in [0.1, 0.15) is 68.5 Å². The summed E-state index contributed by atoms with van der Waals surface area (Å²) in [6, 6.07) is 26.2. The third kappa shape index (κ3) is 24.7. The zero-order chi connectivity index (χ0) is 60.9. The number of H-pyrrole nitrogens is 1. The van der Waals surface area contributed by atoms with E-state index in [1.807, 2.05) is 47.6 Å². The molecule has 1 aliphatic rings. The van der Waals surface area contributed by atoms with Crippen LogP contribution >= 0.6 is 187 Å². The van der Waals surface area contributed by atoms with Crippen molar-refractivity contribution in [2.24, 2.45) is 0 Å². The molecule has 31 heteroatoms. The number of esters is 1. The average Bonchev–Trinajstić information content (AvgIpc) is 3.81. The number of imide groups is 1. The maximum Gasteiger partial charge on any atom is 0.338 e. The number of hydrogen-bond acceptors (Lipinski definition) is 15. The van der Waals surface area contributed by atoms with Gasteiger partial charge in [0.15, 0.2) is 5.88 Å². The molecule has 7 aromatic rings. The molecule has 8 rings (SSSR count). The quantitative estimate of drug-likeness (QED) is 0.0280. The molecular formula is C50H41Br11N8O11S. The summed E-state index contributed by atoms with van der Waals surface area (Å²) in [5.74, 6) is -3.23. The molecule has 0 atom stereocenters. The molecule has 0 unspecified atom stereocenters. The summed E-state index contributed by atoms with van der Waals surface area (Å²) >= 11 is 37.2. The first-order chi connectivity index (χ1) is 38.0. The zero-order valence-corrected chi connectivity index (χ0v) is 60.2. The smallest absolute Gasteiger partial charge is 0.338 e. The molecule has 0 spiro atoms. The Morgan fingerprint density at radius 3 is 1.35 bits per heavy atom. The molecule has 19 nitrogen and oxygen atoms in total. The molecule has 0 aliphatic carbocycles. The van der Waals surface area contributed by atoms with E-state index < -0.39 is 28.9 Å². The number of halogens is 11. The monoisotopic (exact) mass is 1830 g/mol. The number of carbonyl (C=O) groups is 5. The number of hydrogen-bond donors (Lipinski definition) is 5. The van der Waals surface area contributed by atoms with E-state index in [1.54, 1.807) is 73.8 Å². The Kier molecular flexibility index (Phi) is 31.3. The van der Waals surface area contributed by atoms with E-state index in [-0.39, 0.29) is 35.6 Å². The number of thioether (sulfide) groups is 1. The largest absolute Gasteiger partial charge is 0.494 e. The summed E-state index contributed by atoms with van der Waals surface area (Å²) in [6.45, 7) is 6.04. The maximum atomic E-state index is 13.0. The number of carboxylic acids is 2. The van der Waals surface area contributed by atoms with Crippen molar-refractivity contribution in [3.63, 3.8) is 0 Å². The molecule has 430 valence electrons. The Labute approximate surface area is 560 Å². The van der Waals surface area contributed by atoms with E-state index in [0.717, 1.165) is 51.9 Å². The molecule has 1 fully saturated rings. The molecule has 0 bridgehead atoms. The summed E-state index contributed by atoms with van der Waals surface area (Å²) in [6.07, 6.45) is 1.98. The number of aromatic amines is 1. The SMILES string of the molecule is BrCc1cc(Br)nc(Br)c1.CCOC(=O)c1cc(Br)nc(Br)c1.CSc1ccc(N2C(=O)N(Cc3cc(Br)nc(Br)c3)C(C)(C)C2=O)cc1.O=C(O)c1cc(Br)nc(Br)c1.O=C(O)c1cc(O)[nH]c(=O)c1.OCc1cc(Br)nc(Br)c1. The second kappa shape index (κ2) is 35.2. The van der Waals surface area contributed by atoms with Crippen LogP contribution in [-0.2, 0) is 28.0 Å². The van der Waals surface area contributed by atoms with Gasteiger partial charge in [0.05, 0.1) is 35.6 Å². The molecule has 6 aromatic heterocycles. The van der Waals surface area contributed by atoms with Crippen molar-refractivity contribution >= 4 is 223 Å². The highest BCUT2D eigenvalue weighted by Crippen LogP contribution is 2.35. The molecule has 0 saturated carbocycles. The van der Waals surface area contributed by atoms with E-state index in [2.05, 4.69) is 200 Å². The van der Waals surface area contributed by atoms with Gasteiger partial charge in [-0.25, -0.2) is 49.0 Å². The number of benzene rings is 1. The number of alkyl halides is 1. The first-order valence-corrected chi connectivity index (χ1v) is 32.4. The van der Waals surface area contributed by atoms with Crippen molar-refractivity contribution in [3.05, 3.63) is 187 Å². The van der Waals surface area contributed by atoms with Crippen LogP contribution in [0, 0.1) is 0 Å². The Balaban J connectivity index is 0.000000269. The van der Waals surface area contributed by atoms with Gasteiger partial charge in [0.2, 0.25) is 0 Å². The molecule has 1 aromatic carbocycles. The number of amides is 3. The molecule has 1 aliphatic heterocycles. The molecule has 5 N–H and O–H groups in total. The third-order valence-electron chi connectivity index (χ3n) is 9.66. The van der Waals surface area contributed by atoms with E-state index in [0.29, 0.717) is 52.0 Å². The number of urea groups is 1. The van der Waals surface area contributed by atoms with Crippen LogP contribution in [-0.4, -0.2) is 103 Å². The van der Waals surface area contributed by atoms with Crippen molar-refractivity contribution in [1.29, 1.82) is 0 Å². The summed E-state index contributed by atoms with van der Waals surface area (Å²) in [5, 5.41) is 35.2. The van der Waals surface area contributed by atoms with Gasteiger partial charge < -0.3 is 30.1 Å². The minimum absolute atomic E-state index is 0.0414. The number of rotatable bonds is 10. The van der Waals surface area contributed by atoms with Crippen LogP contribution in [0.5, 0.6) is 5.88 Å². The van der Waals surface area contributed by atoms with Gasteiger partial charge in [-0.2, -0.15) is 0 Å². The normalized spacial score (nSPS) is 11.9. The van der Waals surface area contributed by atoms with Crippen molar-refractivity contribution < 1.29 is 49.1 Å². The van der Waals surface area contributed by atoms with E-state index >= 15 is 0 Å². The lowest BCUT2D eigenvalue weighted by Crippen LogP contribution is -2.43. The fourth-order valence-electron chi connectivity index (χ4n) is 6.08.